The van der Waals surface area contributed by atoms with Crippen molar-refractivity contribution >= 4 is 29.3 Å². The highest BCUT2D eigenvalue weighted by atomic mass is 32.1. The molecule has 94 valence electrons. The number of hydrogen-bond donors (Lipinski definition) is 0. The van der Waals surface area contributed by atoms with E-state index in [4.69, 9.17) is 4.74 Å². The number of aliphatic imine (C=N–C) groups is 1. The van der Waals surface area contributed by atoms with Crippen molar-refractivity contribution in [1.82, 2.24) is 0 Å². The highest BCUT2D eigenvalue weighted by Gasteiger charge is 2.30. The Labute approximate surface area is 110 Å². The number of carbonyl (C=O) groups is 1. The zero-order valence-electron chi connectivity index (χ0n) is 10.1. The molecule has 1 aliphatic carbocycles. The fourth-order valence-corrected chi connectivity index (χ4v) is 3.11. The van der Waals surface area contributed by atoms with Crippen LogP contribution in [0, 0.1) is 5.92 Å². The lowest BCUT2D eigenvalue weighted by Gasteiger charge is -2.19. The molecule has 0 saturated heterocycles. The van der Waals surface area contributed by atoms with Gasteiger partial charge in [0.2, 0.25) is 5.90 Å². The van der Waals surface area contributed by atoms with Crippen molar-refractivity contribution in [1.29, 1.82) is 0 Å². The highest BCUT2D eigenvalue weighted by molar-refractivity contribution is 7.10. The molecule has 1 aromatic heterocycles. The molecular weight excluding hydrogens is 246 g/mol. The second-order valence-electron chi connectivity index (χ2n) is 4.72. The van der Waals surface area contributed by atoms with Crippen molar-refractivity contribution in [2.24, 2.45) is 10.9 Å². The molecule has 4 heteroatoms. The third-order valence-corrected chi connectivity index (χ3v) is 4.23. The summed E-state index contributed by atoms with van der Waals surface area (Å²) in [5.41, 5.74) is 0.443. The average Bonchev–Trinajstić information content (AvgIpc) is 3.02. The van der Waals surface area contributed by atoms with Crippen LogP contribution in [0.5, 0.6) is 0 Å². The van der Waals surface area contributed by atoms with E-state index in [0.717, 1.165) is 17.7 Å². The molecule has 3 nitrogen and oxygen atoms in total. The van der Waals surface area contributed by atoms with Crippen LogP contribution in [0.4, 0.5) is 0 Å². The first kappa shape index (κ1) is 11.7. The lowest BCUT2D eigenvalue weighted by molar-refractivity contribution is -0.130. The summed E-state index contributed by atoms with van der Waals surface area (Å²) in [5.74, 6) is 0.684. The molecule has 2 aliphatic rings. The van der Waals surface area contributed by atoms with E-state index in [-0.39, 0.29) is 5.97 Å². The quantitative estimate of drug-likeness (QED) is 0.602. The van der Waals surface area contributed by atoms with Gasteiger partial charge in [0.05, 0.1) is 0 Å². The molecule has 0 N–H and O–H groups in total. The van der Waals surface area contributed by atoms with E-state index in [1.165, 1.54) is 19.3 Å². The van der Waals surface area contributed by atoms with E-state index in [1.54, 1.807) is 11.3 Å². The first-order chi connectivity index (χ1) is 8.83. The van der Waals surface area contributed by atoms with Crippen LogP contribution in [0.15, 0.2) is 28.2 Å². The van der Waals surface area contributed by atoms with Crippen LogP contribution >= 0.6 is 11.3 Å². The first-order valence-corrected chi connectivity index (χ1v) is 7.27. The SMILES string of the molecule is O=C1OC(C2CCCCC2)=N/C1=C/c1cccs1. The molecule has 1 aromatic rings. The summed E-state index contributed by atoms with van der Waals surface area (Å²) < 4.78 is 5.31. The molecule has 0 atom stereocenters. The van der Waals surface area contributed by atoms with Crippen molar-refractivity contribution in [2.75, 3.05) is 0 Å². The highest BCUT2D eigenvalue weighted by Crippen LogP contribution is 2.29. The van der Waals surface area contributed by atoms with Gasteiger partial charge >= 0.3 is 5.97 Å². The van der Waals surface area contributed by atoms with E-state index in [1.807, 2.05) is 23.6 Å². The third kappa shape index (κ3) is 2.38. The van der Waals surface area contributed by atoms with Gasteiger partial charge in [-0.25, -0.2) is 9.79 Å². The lowest BCUT2D eigenvalue weighted by atomic mass is 9.89. The molecule has 1 saturated carbocycles. The molecule has 18 heavy (non-hydrogen) atoms. The third-order valence-electron chi connectivity index (χ3n) is 3.41. The van der Waals surface area contributed by atoms with E-state index in [2.05, 4.69) is 4.99 Å². The number of nitrogens with zero attached hydrogens (tertiary/aromatic N) is 1. The zero-order chi connectivity index (χ0) is 12.4. The van der Waals surface area contributed by atoms with Gasteiger partial charge in [-0.3, -0.25) is 0 Å². The molecule has 3 rings (SSSR count). The first-order valence-electron chi connectivity index (χ1n) is 6.39. The maximum Gasteiger partial charge on any atom is 0.363 e. The summed E-state index contributed by atoms with van der Waals surface area (Å²) in [6, 6.07) is 3.93. The number of esters is 1. The summed E-state index contributed by atoms with van der Waals surface area (Å²) in [5, 5.41) is 1.98. The van der Waals surface area contributed by atoms with Crippen LogP contribution in [0.25, 0.3) is 6.08 Å². The van der Waals surface area contributed by atoms with Crippen LogP contribution in [0.1, 0.15) is 37.0 Å². The van der Waals surface area contributed by atoms with Gasteiger partial charge < -0.3 is 4.74 Å². The second-order valence-corrected chi connectivity index (χ2v) is 5.70. The number of ether oxygens (including phenoxy) is 1. The van der Waals surface area contributed by atoms with Gasteiger partial charge in [0.25, 0.3) is 0 Å². The van der Waals surface area contributed by atoms with Gasteiger partial charge in [-0.15, -0.1) is 11.3 Å². The molecule has 0 bridgehead atoms. The number of thiophene rings is 1. The Morgan fingerprint density at radius 3 is 2.89 bits per heavy atom. The number of carbonyl (C=O) groups excluding carboxylic acids is 1. The molecular formula is C14H15NO2S. The lowest BCUT2D eigenvalue weighted by Crippen LogP contribution is -2.19. The number of cyclic esters (lactones) is 1. The fraction of sp³-hybridized carbons (Fsp3) is 0.429. The van der Waals surface area contributed by atoms with Gasteiger partial charge in [0, 0.05) is 10.8 Å². The Morgan fingerprint density at radius 1 is 1.33 bits per heavy atom. The van der Waals surface area contributed by atoms with Crippen molar-refractivity contribution < 1.29 is 9.53 Å². The average molecular weight is 261 g/mol. The molecule has 1 fully saturated rings. The standard InChI is InChI=1S/C14H15NO2S/c16-14-12(9-11-7-4-8-18-11)15-13(17-14)10-5-2-1-3-6-10/h4,7-10H,1-3,5-6H2/b12-9+. The van der Waals surface area contributed by atoms with Gasteiger partial charge in [0.15, 0.2) is 5.70 Å². The van der Waals surface area contributed by atoms with Crippen molar-refractivity contribution in [3.8, 4) is 0 Å². The van der Waals surface area contributed by atoms with E-state index >= 15 is 0 Å². The van der Waals surface area contributed by atoms with E-state index in [9.17, 15) is 4.79 Å². The largest absolute Gasteiger partial charge is 0.406 e. The maximum atomic E-state index is 11.8. The molecule has 0 aromatic carbocycles. The van der Waals surface area contributed by atoms with E-state index in [0.29, 0.717) is 17.5 Å². The Balaban J connectivity index is 1.80. The van der Waals surface area contributed by atoms with Crippen LogP contribution in [0.3, 0.4) is 0 Å². The molecule has 0 amide bonds. The number of hydrogen-bond acceptors (Lipinski definition) is 4. The topological polar surface area (TPSA) is 38.7 Å². The van der Waals surface area contributed by atoms with Crippen molar-refractivity contribution in [3.63, 3.8) is 0 Å². The predicted molar refractivity (Wildman–Crippen MR) is 72.4 cm³/mol. The summed E-state index contributed by atoms with van der Waals surface area (Å²) in [6.07, 6.45) is 7.71. The number of rotatable bonds is 2. The van der Waals surface area contributed by atoms with Crippen LogP contribution in [0.2, 0.25) is 0 Å². The Bertz CT molecular complexity index is 496. The van der Waals surface area contributed by atoms with Crippen LogP contribution < -0.4 is 0 Å². The van der Waals surface area contributed by atoms with Crippen LogP contribution in [-0.2, 0) is 9.53 Å². The minimum atomic E-state index is -0.302. The molecule has 1 aliphatic heterocycles. The van der Waals surface area contributed by atoms with Crippen molar-refractivity contribution in [2.45, 2.75) is 32.1 Å². The van der Waals surface area contributed by atoms with Gasteiger partial charge in [-0.1, -0.05) is 25.3 Å². The maximum absolute atomic E-state index is 11.8. The van der Waals surface area contributed by atoms with Gasteiger partial charge in [0.1, 0.15) is 0 Å². The Kier molecular flexibility index (Phi) is 3.28. The molecule has 2 heterocycles. The van der Waals surface area contributed by atoms with Gasteiger partial charge in [-0.05, 0) is 30.4 Å². The normalized spacial score (nSPS) is 23.2. The minimum absolute atomic E-state index is 0.302. The second kappa shape index (κ2) is 5.06. The Hall–Kier alpha value is -1.42. The smallest absolute Gasteiger partial charge is 0.363 e. The predicted octanol–water partition coefficient (Wildman–Crippen LogP) is 3.62. The van der Waals surface area contributed by atoms with Gasteiger partial charge in [-0.2, -0.15) is 0 Å². The monoisotopic (exact) mass is 261 g/mol. The molecule has 0 unspecified atom stereocenters. The summed E-state index contributed by atoms with van der Waals surface area (Å²) in [7, 11) is 0. The Morgan fingerprint density at radius 2 is 2.17 bits per heavy atom. The van der Waals surface area contributed by atoms with Crippen LogP contribution in [-0.4, -0.2) is 11.9 Å². The summed E-state index contributed by atoms with van der Waals surface area (Å²) in [6.45, 7) is 0. The minimum Gasteiger partial charge on any atom is -0.406 e. The summed E-state index contributed by atoms with van der Waals surface area (Å²) >= 11 is 1.60. The fourth-order valence-electron chi connectivity index (χ4n) is 2.46. The molecule has 0 radical (unpaired) electrons. The summed E-state index contributed by atoms with van der Waals surface area (Å²) in [4.78, 5) is 17.2. The molecule has 0 spiro atoms. The van der Waals surface area contributed by atoms with Crippen molar-refractivity contribution in [3.05, 3.63) is 28.1 Å². The zero-order valence-corrected chi connectivity index (χ0v) is 10.9. The van der Waals surface area contributed by atoms with E-state index < -0.39 is 0 Å².